The second-order valence-corrected chi connectivity index (χ2v) is 6.75. The fourth-order valence-corrected chi connectivity index (χ4v) is 2.77. The van der Waals surface area contributed by atoms with E-state index in [1.165, 1.54) is 22.1 Å². The fraction of sp³-hybridized carbons (Fsp3) is 0.571. The molecule has 1 fully saturated rings. The van der Waals surface area contributed by atoms with Gasteiger partial charge in [-0.2, -0.15) is 0 Å². The van der Waals surface area contributed by atoms with Crippen LogP contribution in [0.4, 0.5) is 0 Å². The zero-order chi connectivity index (χ0) is 12.3. The van der Waals surface area contributed by atoms with Crippen LogP contribution in [-0.2, 0) is 6.54 Å². The van der Waals surface area contributed by atoms with Gasteiger partial charge in [0.05, 0.1) is 0 Å². The lowest BCUT2D eigenvalue weighted by atomic mass is 10.1. The average Bonchev–Trinajstić information content (AvgIpc) is 2.43. The highest BCUT2D eigenvalue weighted by Gasteiger charge is 2.23. The lowest BCUT2D eigenvalue weighted by Crippen LogP contribution is -2.46. The highest BCUT2D eigenvalue weighted by Crippen LogP contribution is 2.14. The molecule has 1 saturated heterocycles. The van der Waals surface area contributed by atoms with Crippen molar-refractivity contribution >= 4 is 22.6 Å². The molecule has 1 N–H and O–H groups in total. The van der Waals surface area contributed by atoms with Gasteiger partial charge >= 0.3 is 0 Å². The van der Waals surface area contributed by atoms with E-state index in [4.69, 9.17) is 0 Å². The summed E-state index contributed by atoms with van der Waals surface area (Å²) in [5.74, 6) is 0. The molecule has 1 aromatic carbocycles. The first-order valence-electron chi connectivity index (χ1n) is 6.27. The van der Waals surface area contributed by atoms with E-state index in [1.807, 2.05) is 0 Å². The van der Waals surface area contributed by atoms with Gasteiger partial charge in [0.2, 0.25) is 0 Å². The summed E-state index contributed by atoms with van der Waals surface area (Å²) in [5.41, 5.74) is 1.66. The summed E-state index contributed by atoms with van der Waals surface area (Å²) in [7, 11) is 0. The van der Waals surface area contributed by atoms with Crippen molar-refractivity contribution in [2.75, 3.05) is 19.6 Å². The Hall–Kier alpha value is -0.130. The predicted octanol–water partition coefficient (Wildman–Crippen LogP) is 2.87. The summed E-state index contributed by atoms with van der Waals surface area (Å²) in [6.45, 7) is 9.11. The van der Waals surface area contributed by atoms with Crippen molar-refractivity contribution in [1.29, 1.82) is 0 Å². The Bertz CT molecular complexity index is 359. The van der Waals surface area contributed by atoms with Crippen LogP contribution in [0.1, 0.15) is 25.8 Å². The zero-order valence-corrected chi connectivity index (χ0v) is 12.8. The van der Waals surface area contributed by atoms with E-state index in [2.05, 4.69) is 70.9 Å². The Labute approximate surface area is 118 Å². The maximum absolute atomic E-state index is 3.60. The molecule has 0 amide bonds. The van der Waals surface area contributed by atoms with Crippen molar-refractivity contribution in [3.05, 3.63) is 33.4 Å². The molecular formula is C14H21IN2. The molecule has 0 aromatic heterocycles. The van der Waals surface area contributed by atoms with Crippen LogP contribution in [0.3, 0.4) is 0 Å². The molecule has 1 aliphatic rings. The quantitative estimate of drug-likeness (QED) is 0.830. The van der Waals surface area contributed by atoms with Crippen LogP contribution in [0.2, 0.25) is 0 Å². The zero-order valence-electron chi connectivity index (χ0n) is 10.7. The van der Waals surface area contributed by atoms with Gasteiger partial charge in [-0.1, -0.05) is 12.1 Å². The standard InChI is InChI=1S/C14H21IN2/c1-14(2)11-17(9-3-8-16-14)10-12-4-6-13(15)7-5-12/h4-7,16H,3,8-11H2,1-2H3. The molecule has 1 heterocycles. The Morgan fingerprint density at radius 2 is 2.00 bits per heavy atom. The van der Waals surface area contributed by atoms with Crippen molar-refractivity contribution in [1.82, 2.24) is 10.2 Å². The molecule has 1 aromatic rings. The van der Waals surface area contributed by atoms with Gasteiger partial charge in [0, 0.05) is 22.2 Å². The summed E-state index contributed by atoms with van der Waals surface area (Å²) < 4.78 is 1.31. The maximum Gasteiger partial charge on any atom is 0.0252 e. The third-order valence-corrected chi connectivity index (χ3v) is 3.91. The number of nitrogens with one attached hydrogen (secondary N) is 1. The molecule has 0 unspecified atom stereocenters. The number of benzene rings is 1. The molecule has 2 rings (SSSR count). The second-order valence-electron chi connectivity index (χ2n) is 5.50. The van der Waals surface area contributed by atoms with Gasteiger partial charge in [0.1, 0.15) is 0 Å². The molecule has 0 saturated carbocycles. The van der Waals surface area contributed by atoms with E-state index >= 15 is 0 Å². The van der Waals surface area contributed by atoms with Crippen molar-refractivity contribution in [2.24, 2.45) is 0 Å². The summed E-state index contributed by atoms with van der Waals surface area (Å²) in [4.78, 5) is 2.56. The molecular weight excluding hydrogens is 323 g/mol. The van der Waals surface area contributed by atoms with Gasteiger partial charge in [0.15, 0.2) is 0 Å². The monoisotopic (exact) mass is 344 g/mol. The summed E-state index contributed by atoms with van der Waals surface area (Å²) in [5, 5.41) is 3.60. The third-order valence-electron chi connectivity index (χ3n) is 3.19. The van der Waals surface area contributed by atoms with Gasteiger partial charge in [-0.05, 0) is 73.6 Å². The number of nitrogens with zero attached hydrogens (tertiary/aromatic N) is 1. The van der Waals surface area contributed by atoms with Gasteiger partial charge < -0.3 is 5.32 Å². The first-order valence-corrected chi connectivity index (χ1v) is 7.35. The normalized spacial score (nSPS) is 21.1. The first kappa shape index (κ1) is 13.3. The Morgan fingerprint density at radius 1 is 1.29 bits per heavy atom. The second kappa shape index (κ2) is 5.67. The summed E-state index contributed by atoms with van der Waals surface area (Å²) in [6.07, 6.45) is 1.24. The molecule has 0 bridgehead atoms. The molecule has 0 atom stereocenters. The van der Waals surface area contributed by atoms with Crippen LogP contribution in [0, 0.1) is 3.57 Å². The molecule has 17 heavy (non-hydrogen) atoms. The van der Waals surface area contributed by atoms with Gasteiger partial charge in [-0.15, -0.1) is 0 Å². The minimum absolute atomic E-state index is 0.236. The molecule has 3 heteroatoms. The van der Waals surface area contributed by atoms with Crippen LogP contribution in [0.25, 0.3) is 0 Å². The predicted molar refractivity (Wildman–Crippen MR) is 81.1 cm³/mol. The van der Waals surface area contributed by atoms with E-state index in [1.54, 1.807) is 0 Å². The van der Waals surface area contributed by atoms with E-state index < -0.39 is 0 Å². The van der Waals surface area contributed by atoms with Crippen molar-refractivity contribution in [3.8, 4) is 0 Å². The number of hydrogen-bond donors (Lipinski definition) is 1. The van der Waals surface area contributed by atoms with Crippen molar-refractivity contribution < 1.29 is 0 Å². The van der Waals surface area contributed by atoms with Crippen molar-refractivity contribution in [3.63, 3.8) is 0 Å². The summed E-state index contributed by atoms with van der Waals surface area (Å²) >= 11 is 2.36. The van der Waals surface area contributed by atoms with E-state index in [9.17, 15) is 0 Å². The minimum Gasteiger partial charge on any atom is -0.310 e. The fourth-order valence-electron chi connectivity index (χ4n) is 2.41. The molecule has 0 aliphatic carbocycles. The largest absolute Gasteiger partial charge is 0.310 e. The number of rotatable bonds is 2. The highest BCUT2D eigenvalue weighted by molar-refractivity contribution is 14.1. The van der Waals surface area contributed by atoms with E-state index in [0.717, 1.165) is 19.6 Å². The maximum atomic E-state index is 3.60. The Balaban J connectivity index is 1.99. The summed E-state index contributed by atoms with van der Waals surface area (Å²) in [6, 6.07) is 8.87. The minimum atomic E-state index is 0.236. The molecule has 0 radical (unpaired) electrons. The SMILES string of the molecule is CC1(C)CN(Cc2ccc(I)cc2)CCCN1. The molecule has 2 nitrogen and oxygen atoms in total. The topological polar surface area (TPSA) is 15.3 Å². The first-order chi connectivity index (χ1) is 8.05. The van der Waals surface area contributed by atoms with Crippen LogP contribution in [-0.4, -0.2) is 30.1 Å². The van der Waals surface area contributed by atoms with Crippen LogP contribution >= 0.6 is 22.6 Å². The van der Waals surface area contributed by atoms with Crippen LogP contribution in [0.15, 0.2) is 24.3 Å². The van der Waals surface area contributed by atoms with E-state index in [0.29, 0.717) is 0 Å². The van der Waals surface area contributed by atoms with Gasteiger partial charge in [0.25, 0.3) is 0 Å². The van der Waals surface area contributed by atoms with Gasteiger partial charge in [-0.25, -0.2) is 0 Å². The molecule has 1 aliphatic heterocycles. The number of halogens is 1. The lowest BCUT2D eigenvalue weighted by Gasteiger charge is -2.30. The highest BCUT2D eigenvalue weighted by atomic mass is 127. The molecule has 0 spiro atoms. The van der Waals surface area contributed by atoms with Gasteiger partial charge in [-0.3, -0.25) is 4.90 Å². The smallest absolute Gasteiger partial charge is 0.0252 e. The Morgan fingerprint density at radius 3 is 2.71 bits per heavy atom. The van der Waals surface area contributed by atoms with Crippen LogP contribution in [0.5, 0.6) is 0 Å². The third kappa shape index (κ3) is 4.23. The molecule has 94 valence electrons. The van der Waals surface area contributed by atoms with E-state index in [-0.39, 0.29) is 5.54 Å². The average molecular weight is 344 g/mol. The number of hydrogen-bond acceptors (Lipinski definition) is 2. The Kier molecular flexibility index (Phi) is 4.44. The van der Waals surface area contributed by atoms with Crippen LogP contribution < -0.4 is 5.32 Å². The lowest BCUT2D eigenvalue weighted by molar-refractivity contribution is 0.224. The van der Waals surface area contributed by atoms with Crippen molar-refractivity contribution in [2.45, 2.75) is 32.4 Å².